The number of benzene rings is 2. The summed E-state index contributed by atoms with van der Waals surface area (Å²) in [7, 11) is 1.54. The molecule has 0 saturated heterocycles. The van der Waals surface area contributed by atoms with Gasteiger partial charge >= 0.3 is 5.97 Å². The van der Waals surface area contributed by atoms with E-state index in [9.17, 15) is 9.90 Å². The number of carboxylic acids is 1. The van der Waals surface area contributed by atoms with Crippen LogP contribution in [0.5, 0.6) is 5.75 Å². The van der Waals surface area contributed by atoms with Crippen molar-refractivity contribution < 1.29 is 14.6 Å². The number of hydrogen-bond acceptors (Lipinski definition) is 3. The van der Waals surface area contributed by atoms with Gasteiger partial charge in [-0.3, -0.25) is 0 Å². The summed E-state index contributed by atoms with van der Waals surface area (Å²) >= 11 is 12.2. The van der Waals surface area contributed by atoms with Gasteiger partial charge in [0.25, 0.3) is 0 Å². The van der Waals surface area contributed by atoms with Crippen molar-refractivity contribution in [2.24, 2.45) is 0 Å². The van der Waals surface area contributed by atoms with Gasteiger partial charge in [0.05, 0.1) is 23.9 Å². The van der Waals surface area contributed by atoms with Crippen LogP contribution in [0.2, 0.25) is 10.0 Å². The molecule has 0 atom stereocenters. The molecule has 24 heavy (non-hydrogen) atoms. The Morgan fingerprint density at radius 3 is 2.58 bits per heavy atom. The summed E-state index contributed by atoms with van der Waals surface area (Å²) in [5.41, 5.74) is 2.49. The summed E-state index contributed by atoms with van der Waals surface area (Å²) in [5.74, 6) is -0.478. The lowest BCUT2D eigenvalue weighted by Gasteiger charge is -2.12. The molecular formula is C18H13Cl2NO3. The fourth-order valence-corrected chi connectivity index (χ4v) is 2.92. The summed E-state index contributed by atoms with van der Waals surface area (Å²) in [6.45, 7) is 1.81. The quantitative estimate of drug-likeness (QED) is 0.694. The number of carbonyl (C=O) groups is 1. The van der Waals surface area contributed by atoms with Crippen molar-refractivity contribution in [1.29, 1.82) is 0 Å². The Kier molecular flexibility index (Phi) is 4.35. The molecule has 0 unspecified atom stereocenters. The number of aryl methyl sites for hydroxylation is 1. The van der Waals surface area contributed by atoms with Gasteiger partial charge in [0.1, 0.15) is 5.75 Å². The number of fused-ring (bicyclic) bond motifs is 1. The van der Waals surface area contributed by atoms with Crippen LogP contribution in [0.4, 0.5) is 0 Å². The van der Waals surface area contributed by atoms with E-state index in [4.69, 9.17) is 27.9 Å². The molecule has 0 fully saturated rings. The first-order chi connectivity index (χ1) is 11.4. The van der Waals surface area contributed by atoms with E-state index in [1.54, 1.807) is 30.3 Å². The van der Waals surface area contributed by atoms with E-state index in [1.165, 1.54) is 13.2 Å². The van der Waals surface area contributed by atoms with Gasteiger partial charge in [0.2, 0.25) is 0 Å². The van der Waals surface area contributed by atoms with Gasteiger partial charge in [0, 0.05) is 21.0 Å². The predicted molar refractivity (Wildman–Crippen MR) is 95.4 cm³/mol. The molecule has 3 aromatic rings. The molecule has 0 amide bonds. The second kappa shape index (κ2) is 6.30. The van der Waals surface area contributed by atoms with Crippen LogP contribution < -0.4 is 4.74 Å². The number of nitrogens with zero attached hydrogens (tertiary/aromatic N) is 1. The fourth-order valence-electron chi connectivity index (χ4n) is 2.60. The van der Waals surface area contributed by atoms with Crippen molar-refractivity contribution in [3.05, 3.63) is 57.6 Å². The number of rotatable bonds is 3. The molecule has 0 aliphatic carbocycles. The summed E-state index contributed by atoms with van der Waals surface area (Å²) < 4.78 is 5.35. The number of aromatic carboxylic acids is 1. The molecular weight excluding hydrogens is 349 g/mol. The maximum Gasteiger partial charge on any atom is 0.336 e. The average molecular weight is 362 g/mol. The van der Waals surface area contributed by atoms with Crippen LogP contribution in [0.1, 0.15) is 15.9 Å². The van der Waals surface area contributed by atoms with Gasteiger partial charge in [-0.25, -0.2) is 9.78 Å². The molecule has 6 heteroatoms. The first-order valence-corrected chi connectivity index (χ1v) is 7.85. The number of ether oxygens (including phenoxy) is 1. The Bertz CT molecular complexity index is 970. The van der Waals surface area contributed by atoms with E-state index in [2.05, 4.69) is 4.98 Å². The first kappa shape index (κ1) is 16.6. The third-order valence-corrected chi connectivity index (χ3v) is 4.48. The molecule has 4 nitrogen and oxygen atoms in total. The van der Waals surface area contributed by atoms with Gasteiger partial charge in [-0.05, 0) is 42.8 Å². The van der Waals surface area contributed by atoms with Crippen LogP contribution >= 0.6 is 23.2 Å². The molecule has 0 spiro atoms. The number of hydrogen-bond donors (Lipinski definition) is 1. The van der Waals surface area contributed by atoms with Crippen LogP contribution in [0.25, 0.3) is 22.2 Å². The first-order valence-electron chi connectivity index (χ1n) is 7.09. The van der Waals surface area contributed by atoms with Crippen LogP contribution in [0.3, 0.4) is 0 Å². The minimum atomic E-state index is -1.04. The number of aromatic nitrogens is 1. The highest BCUT2D eigenvalue weighted by molar-refractivity contribution is 6.32. The van der Waals surface area contributed by atoms with Crippen LogP contribution in [0, 0.1) is 6.92 Å². The van der Waals surface area contributed by atoms with E-state index < -0.39 is 5.97 Å². The maximum absolute atomic E-state index is 11.7. The molecule has 0 aliphatic heterocycles. The highest BCUT2D eigenvalue weighted by Gasteiger charge is 2.17. The lowest BCUT2D eigenvalue weighted by Crippen LogP contribution is -2.02. The van der Waals surface area contributed by atoms with Gasteiger partial charge in [-0.15, -0.1) is 0 Å². The molecule has 2 aromatic carbocycles. The predicted octanol–water partition coefficient (Wildman–Crippen LogP) is 5.22. The van der Waals surface area contributed by atoms with Gasteiger partial charge in [-0.1, -0.05) is 29.3 Å². The van der Waals surface area contributed by atoms with E-state index in [1.807, 2.05) is 6.92 Å². The maximum atomic E-state index is 11.7. The number of pyridine rings is 1. The zero-order chi connectivity index (χ0) is 17.4. The third-order valence-electron chi connectivity index (χ3n) is 3.84. The molecule has 122 valence electrons. The van der Waals surface area contributed by atoms with Gasteiger partial charge in [0.15, 0.2) is 0 Å². The second-order valence-corrected chi connectivity index (χ2v) is 6.12. The molecule has 3 rings (SSSR count). The van der Waals surface area contributed by atoms with Crippen molar-refractivity contribution >= 4 is 40.1 Å². The summed E-state index contributed by atoms with van der Waals surface area (Å²) in [6, 6.07) is 9.97. The highest BCUT2D eigenvalue weighted by atomic mass is 35.5. The Hall–Kier alpha value is -2.30. The van der Waals surface area contributed by atoms with Crippen molar-refractivity contribution in [3.8, 4) is 17.0 Å². The molecule has 0 saturated carbocycles. The third kappa shape index (κ3) is 2.79. The number of methoxy groups -OCH3 is 1. The van der Waals surface area contributed by atoms with Gasteiger partial charge in [-0.2, -0.15) is 0 Å². The number of halogens is 2. The molecule has 1 N–H and O–H groups in total. The van der Waals surface area contributed by atoms with Crippen molar-refractivity contribution in [3.63, 3.8) is 0 Å². The van der Waals surface area contributed by atoms with Crippen molar-refractivity contribution in [2.75, 3.05) is 7.11 Å². The minimum absolute atomic E-state index is 0.150. The zero-order valence-electron chi connectivity index (χ0n) is 12.9. The van der Waals surface area contributed by atoms with Crippen molar-refractivity contribution in [2.45, 2.75) is 6.92 Å². The summed E-state index contributed by atoms with van der Waals surface area (Å²) in [5, 5.41) is 11.1. The monoisotopic (exact) mass is 361 g/mol. The Morgan fingerprint density at radius 2 is 1.92 bits per heavy atom. The highest BCUT2D eigenvalue weighted by Crippen LogP contribution is 2.35. The Balaban J connectivity index is 2.40. The molecule has 0 aliphatic rings. The van der Waals surface area contributed by atoms with Crippen molar-refractivity contribution in [1.82, 2.24) is 4.98 Å². The van der Waals surface area contributed by atoms with Crippen LogP contribution in [-0.4, -0.2) is 23.2 Å². The number of carboxylic acid groups (broad SMARTS) is 1. The SMILES string of the molecule is COc1ccc(Cl)cc1-c1cc(C(=O)O)c2ccc(Cl)c(C)c2n1. The molecule has 1 heterocycles. The van der Waals surface area contributed by atoms with Gasteiger partial charge < -0.3 is 9.84 Å². The zero-order valence-corrected chi connectivity index (χ0v) is 14.4. The van der Waals surface area contributed by atoms with E-state index >= 15 is 0 Å². The summed E-state index contributed by atoms with van der Waals surface area (Å²) in [4.78, 5) is 16.3. The largest absolute Gasteiger partial charge is 0.496 e. The molecule has 0 radical (unpaired) electrons. The summed E-state index contributed by atoms with van der Waals surface area (Å²) in [6.07, 6.45) is 0. The van der Waals surface area contributed by atoms with E-state index in [0.717, 1.165) is 5.56 Å². The lowest BCUT2D eigenvalue weighted by atomic mass is 10.0. The normalized spacial score (nSPS) is 10.8. The van der Waals surface area contributed by atoms with Crippen LogP contribution in [0.15, 0.2) is 36.4 Å². The Morgan fingerprint density at radius 1 is 1.17 bits per heavy atom. The fraction of sp³-hybridized carbons (Fsp3) is 0.111. The molecule has 1 aromatic heterocycles. The Labute approximate surface area is 148 Å². The molecule has 0 bridgehead atoms. The van der Waals surface area contributed by atoms with Crippen LogP contribution in [-0.2, 0) is 0 Å². The average Bonchev–Trinajstić information content (AvgIpc) is 2.57. The standard InChI is InChI=1S/C18H13Cl2NO3/c1-9-14(20)5-4-11-12(18(22)23)8-15(21-17(9)11)13-7-10(19)3-6-16(13)24-2/h3-8H,1-2H3,(H,22,23). The topological polar surface area (TPSA) is 59.4 Å². The van der Waals surface area contributed by atoms with E-state index in [-0.39, 0.29) is 5.56 Å². The lowest BCUT2D eigenvalue weighted by molar-refractivity contribution is 0.0699. The van der Waals surface area contributed by atoms with E-state index in [0.29, 0.717) is 38.0 Å². The second-order valence-electron chi connectivity index (χ2n) is 5.27. The minimum Gasteiger partial charge on any atom is -0.496 e. The smallest absolute Gasteiger partial charge is 0.336 e.